The van der Waals surface area contributed by atoms with Crippen LogP contribution in [0, 0.1) is 6.92 Å². The summed E-state index contributed by atoms with van der Waals surface area (Å²) in [6.45, 7) is 7.93. The van der Waals surface area contributed by atoms with Crippen molar-refractivity contribution in [2.75, 3.05) is 61.5 Å². The second kappa shape index (κ2) is 12.5. The number of hydrogen-bond donors (Lipinski definition) is 3. The van der Waals surface area contributed by atoms with Crippen molar-refractivity contribution in [2.24, 2.45) is 0 Å². The summed E-state index contributed by atoms with van der Waals surface area (Å²) in [5, 5.41) is 9.33. The van der Waals surface area contributed by atoms with E-state index >= 15 is 0 Å². The second-order valence-corrected chi connectivity index (χ2v) is 10.3. The molecule has 3 aromatic carbocycles. The molecule has 1 fully saturated rings. The van der Waals surface area contributed by atoms with Crippen LogP contribution in [0.5, 0.6) is 0 Å². The molecule has 5 rings (SSSR count). The molecule has 0 atom stereocenters. The van der Waals surface area contributed by atoms with Crippen LogP contribution in [0.4, 0.5) is 21.9 Å². The topological polar surface area (TPSA) is 85.9 Å². The number of morpholine rings is 1. The number of ether oxygens (including phenoxy) is 1. The fourth-order valence-corrected chi connectivity index (χ4v) is 5.16. The lowest BCUT2D eigenvalue weighted by Gasteiger charge is -2.32. The van der Waals surface area contributed by atoms with Crippen molar-refractivity contribution in [2.45, 2.75) is 19.9 Å². The van der Waals surface area contributed by atoms with Crippen LogP contribution < -0.4 is 20.9 Å². The maximum atomic E-state index is 13.5. The maximum absolute atomic E-state index is 13.5. The van der Waals surface area contributed by atoms with Crippen LogP contribution >= 0.6 is 11.6 Å². The molecule has 1 saturated heterocycles. The lowest BCUT2D eigenvalue weighted by molar-refractivity contribution is 0.0383. The predicted octanol–water partition coefficient (Wildman–Crippen LogP) is 4.92. The van der Waals surface area contributed by atoms with Gasteiger partial charge in [-0.25, -0.2) is 4.79 Å². The standard InChI is InChI=1S/C30H34ClN5O3/c1-21-6-7-25(19-27(21)31)34-30(38)33-24-8-9-28(36-12-10-22-4-2-3-5-23(22)20-36)26(18-24)29(37)32-11-13-35-14-16-39-17-15-35/h2-9,18-19H,10-17,20H2,1H3,(H,32,37)(H2,33,34,38). The number of benzene rings is 3. The highest BCUT2D eigenvalue weighted by Gasteiger charge is 2.22. The number of hydrogen-bond acceptors (Lipinski definition) is 5. The molecular weight excluding hydrogens is 514 g/mol. The van der Waals surface area contributed by atoms with Gasteiger partial charge >= 0.3 is 6.03 Å². The van der Waals surface area contributed by atoms with Gasteiger partial charge in [0.25, 0.3) is 5.91 Å². The maximum Gasteiger partial charge on any atom is 0.323 e. The van der Waals surface area contributed by atoms with Gasteiger partial charge in [-0.15, -0.1) is 0 Å². The highest BCUT2D eigenvalue weighted by molar-refractivity contribution is 6.31. The molecule has 39 heavy (non-hydrogen) atoms. The molecule has 3 aromatic rings. The molecule has 3 N–H and O–H groups in total. The Morgan fingerprint density at radius 2 is 1.64 bits per heavy atom. The number of amides is 3. The monoisotopic (exact) mass is 547 g/mol. The van der Waals surface area contributed by atoms with Crippen molar-refractivity contribution in [3.63, 3.8) is 0 Å². The molecule has 0 radical (unpaired) electrons. The fraction of sp³-hybridized carbons (Fsp3) is 0.333. The number of nitrogens with one attached hydrogen (secondary N) is 3. The summed E-state index contributed by atoms with van der Waals surface area (Å²) in [7, 11) is 0. The molecule has 8 nitrogen and oxygen atoms in total. The van der Waals surface area contributed by atoms with Gasteiger partial charge in [0.15, 0.2) is 0 Å². The molecule has 3 amide bonds. The van der Waals surface area contributed by atoms with Crippen LogP contribution in [-0.2, 0) is 17.7 Å². The molecule has 0 aromatic heterocycles. The summed E-state index contributed by atoms with van der Waals surface area (Å²) in [6.07, 6.45) is 0.912. The van der Waals surface area contributed by atoms with E-state index in [9.17, 15) is 9.59 Å². The van der Waals surface area contributed by atoms with Gasteiger partial charge < -0.3 is 25.6 Å². The van der Waals surface area contributed by atoms with E-state index in [-0.39, 0.29) is 5.91 Å². The van der Waals surface area contributed by atoms with Crippen molar-refractivity contribution in [3.05, 3.63) is 87.9 Å². The smallest absolute Gasteiger partial charge is 0.323 e. The zero-order valence-electron chi connectivity index (χ0n) is 22.1. The van der Waals surface area contributed by atoms with Gasteiger partial charge in [-0.05, 0) is 60.4 Å². The number of fused-ring (bicyclic) bond motifs is 1. The minimum atomic E-state index is -0.409. The summed E-state index contributed by atoms with van der Waals surface area (Å²) in [6, 6.07) is 18.9. The molecular formula is C30H34ClN5O3. The van der Waals surface area contributed by atoms with Gasteiger partial charge in [-0.2, -0.15) is 0 Å². The molecule has 0 unspecified atom stereocenters. The first-order valence-corrected chi connectivity index (χ1v) is 13.7. The third-order valence-corrected chi connectivity index (χ3v) is 7.62. The lowest BCUT2D eigenvalue weighted by atomic mass is 9.98. The first-order valence-electron chi connectivity index (χ1n) is 13.3. The van der Waals surface area contributed by atoms with Crippen molar-refractivity contribution < 1.29 is 14.3 Å². The Kier molecular flexibility index (Phi) is 8.66. The van der Waals surface area contributed by atoms with E-state index in [2.05, 4.69) is 50.0 Å². The normalized spacial score (nSPS) is 15.4. The summed E-state index contributed by atoms with van der Waals surface area (Å²) in [4.78, 5) is 30.7. The summed E-state index contributed by atoms with van der Waals surface area (Å²) >= 11 is 6.20. The lowest BCUT2D eigenvalue weighted by Crippen LogP contribution is -2.41. The molecule has 0 aliphatic carbocycles. The van der Waals surface area contributed by atoms with E-state index in [1.165, 1.54) is 11.1 Å². The van der Waals surface area contributed by atoms with Crippen LogP contribution in [-0.4, -0.2) is 62.8 Å². The minimum absolute atomic E-state index is 0.161. The molecule has 0 bridgehead atoms. The Hall–Kier alpha value is -3.59. The fourth-order valence-electron chi connectivity index (χ4n) is 4.98. The predicted molar refractivity (Wildman–Crippen MR) is 156 cm³/mol. The largest absolute Gasteiger partial charge is 0.379 e. The zero-order valence-corrected chi connectivity index (χ0v) is 22.9. The minimum Gasteiger partial charge on any atom is -0.379 e. The molecule has 9 heteroatoms. The van der Waals surface area contributed by atoms with E-state index < -0.39 is 6.03 Å². The second-order valence-electron chi connectivity index (χ2n) is 9.93. The van der Waals surface area contributed by atoms with Crippen LogP contribution in [0.1, 0.15) is 27.0 Å². The average molecular weight is 548 g/mol. The Morgan fingerprint density at radius 1 is 0.923 bits per heavy atom. The first kappa shape index (κ1) is 27.0. The van der Waals surface area contributed by atoms with E-state index in [1.807, 2.05) is 25.1 Å². The van der Waals surface area contributed by atoms with E-state index in [4.69, 9.17) is 16.3 Å². The molecule has 0 saturated carbocycles. The number of nitrogens with zero attached hydrogens (tertiary/aromatic N) is 2. The van der Waals surface area contributed by atoms with E-state index in [0.717, 1.165) is 63.6 Å². The van der Waals surface area contributed by atoms with Gasteiger partial charge in [-0.1, -0.05) is 41.9 Å². The summed E-state index contributed by atoms with van der Waals surface area (Å²) in [5.41, 5.74) is 6.05. The van der Waals surface area contributed by atoms with Gasteiger partial charge in [0, 0.05) is 61.4 Å². The van der Waals surface area contributed by atoms with Crippen molar-refractivity contribution in [1.82, 2.24) is 10.2 Å². The molecule has 204 valence electrons. The molecule has 2 heterocycles. The van der Waals surface area contributed by atoms with Crippen molar-refractivity contribution in [3.8, 4) is 0 Å². The Morgan fingerprint density at radius 3 is 2.41 bits per heavy atom. The van der Waals surface area contributed by atoms with Crippen molar-refractivity contribution >= 4 is 40.6 Å². The van der Waals surface area contributed by atoms with Crippen LogP contribution in [0.3, 0.4) is 0 Å². The van der Waals surface area contributed by atoms with Crippen LogP contribution in [0.15, 0.2) is 60.7 Å². The third-order valence-electron chi connectivity index (χ3n) is 7.22. The molecule has 2 aliphatic heterocycles. The molecule has 2 aliphatic rings. The van der Waals surface area contributed by atoms with Gasteiger partial charge in [0.1, 0.15) is 0 Å². The van der Waals surface area contributed by atoms with Gasteiger partial charge in [-0.3, -0.25) is 9.69 Å². The Balaban J connectivity index is 1.32. The summed E-state index contributed by atoms with van der Waals surface area (Å²) < 4.78 is 5.42. The van der Waals surface area contributed by atoms with E-state index in [0.29, 0.717) is 28.5 Å². The quantitative estimate of drug-likeness (QED) is 0.391. The number of carbonyl (C=O) groups is 2. The highest BCUT2D eigenvalue weighted by atomic mass is 35.5. The molecule has 0 spiro atoms. The SMILES string of the molecule is Cc1ccc(NC(=O)Nc2ccc(N3CCc4ccccc4C3)c(C(=O)NCCN3CCOCC3)c2)cc1Cl. The number of halogens is 1. The summed E-state index contributed by atoms with van der Waals surface area (Å²) in [5.74, 6) is -0.161. The number of rotatable bonds is 7. The zero-order chi connectivity index (χ0) is 27.2. The Bertz CT molecular complexity index is 1340. The number of carbonyl (C=O) groups excluding carboxylic acids is 2. The average Bonchev–Trinajstić information content (AvgIpc) is 2.95. The highest BCUT2D eigenvalue weighted by Crippen LogP contribution is 2.30. The van der Waals surface area contributed by atoms with Crippen LogP contribution in [0.25, 0.3) is 0 Å². The van der Waals surface area contributed by atoms with Crippen molar-refractivity contribution in [1.29, 1.82) is 0 Å². The number of anilines is 3. The number of aryl methyl sites for hydroxylation is 1. The third kappa shape index (κ3) is 6.89. The van der Waals surface area contributed by atoms with Gasteiger partial charge in [0.05, 0.1) is 18.8 Å². The first-order chi connectivity index (χ1) is 19.0. The van der Waals surface area contributed by atoms with Gasteiger partial charge in [0.2, 0.25) is 0 Å². The Labute approximate surface area is 234 Å². The number of urea groups is 1. The van der Waals surface area contributed by atoms with E-state index in [1.54, 1.807) is 18.2 Å². The van der Waals surface area contributed by atoms with Crippen LogP contribution in [0.2, 0.25) is 5.02 Å².